The molecule has 2 amide bonds. The second kappa shape index (κ2) is 7.37. The fraction of sp³-hybridized carbons (Fsp3) is 0.375. The molecule has 1 N–H and O–H groups in total. The summed E-state index contributed by atoms with van der Waals surface area (Å²) in [5, 5.41) is 5.64. The highest BCUT2D eigenvalue weighted by Crippen LogP contribution is 2.23. The number of halogens is 3. The maximum Gasteiger partial charge on any atom is 0.471 e. The Labute approximate surface area is 156 Å². The molecule has 1 aliphatic heterocycles. The van der Waals surface area contributed by atoms with Gasteiger partial charge in [-0.25, -0.2) is 18.8 Å². The molecule has 1 aromatic heterocycles. The molecule has 9 nitrogen and oxygen atoms in total. The summed E-state index contributed by atoms with van der Waals surface area (Å²) in [7, 11) is 0. The van der Waals surface area contributed by atoms with Crippen molar-refractivity contribution < 1.29 is 27.5 Å². The first-order valence-electron chi connectivity index (χ1n) is 8.28. The maximum atomic E-state index is 12.2. The Balaban J connectivity index is 1.67. The Morgan fingerprint density at radius 3 is 2.46 bits per heavy atom. The minimum atomic E-state index is -5.00. The van der Waals surface area contributed by atoms with Crippen molar-refractivity contribution in [1.82, 2.24) is 19.7 Å². The van der Waals surface area contributed by atoms with Crippen molar-refractivity contribution in [3.8, 4) is 5.69 Å². The molecule has 0 bridgehead atoms. The van der Waals surface area contributed by atoms with Gasteiger partial charge in [0.2, 0.25) is 0 Å². The van der Waals surface area contributed by atoms with Gasteiger partial charge in [0.05, 0.1) is 18.8 Å². The highest BCUT2D eigenvalue weighted by atomic mass is 19.4. The van der Waals surface area contributed by atoms with Crippen LogP contribution in [0.2, 0.25) is 0 Å². The monoisotopic (exact) mass is 399 g/mol. The van der Waals surface area contributed by atoms with Gasteiger partial charge in [-0.05, 0) is 31.2 Å². The van der Waals surface area contributed by atoms with E-state index in [1.54, 1.807) is 36.5 Å². The standard InChI is InChI=1S/C16H16F3N5O4/c1-2-24-14(26)23(9-21-24)11-5-3-10(4-6-11)22-8-12(28-15(22)27)7-20-13(25)16(17,18)19/h3-6,9,12H,2,7-8H2,1H3,(H,20,25)/t12-/m0/s1. The molecule has 0 aliphatic carbocycles. The Morgan fingerprint density at radius 2 is 1.89 bits per heavy atom. The van der Waals surface area contributed by atoms with Gasteiger partial charge in [-0.2, -0.15) is 18.3 Å². The van der Waals surface area contributed by atoms with Crippen molar-refractivity contribution >= 4 is 17.7 Å². The Bertz CT molecular complexity index is 935. The van der Waals surface area contributed by atoms with Gasteiger partial charge in [0.25, 0.3) is 0 Å². The molecule has 0 spiro atoms. The second-order valence-corrected chi connectivity index (χ2v) is 5.94. The predicted octanol–water partition coefficient (Wildman–Crippen LogP) is 1.06. The first kappa shape index (κ1) is 19.5. The number of rotatable bonds is 5. The van der Waals surface area contributed by atoms with Gasteiger partial charge < -0.3 is 10.1 Å². The van der Waals surface area contributed by atoms with Crippen LogP contribution >= 0.6 is 0 Å². The van der Waals surface area contributed by atoms with Gasteiger partial charge in [-0.3, -0.25) is 9.69 Å². The normalized spacial score (nSPS) is 16.9. The lowest BCUT2D eigenvalue weighted by Crippen LogP contribution is -2.41. The molecular weight excluding hydrogens is 383 g/mol. The molecule has 1 aliphatic rings. The fourth-order valence-electron chi connectivity index (χ4n) is 2.67. The van der Waals surface area contributed by atoms with E-state index in [9.17, 15) is 27.6 Å². The molecule has 0 unspecified atom stereocenters. The summed E-state index contributed by atoms with van der Waals surface area (Å²) in [6.45, 7) is 1.73. The van der Waals surface area contributed by atoms with Gasteiger partial charge >= 0.3 is 23.9 Å². The van der Waals surface area contributed by atoms with Gasteiger partial charge in [0.15, 0.2) is 0 Å². The zero-order valence-corrected chi connectivity index (χ0v) is 14.6. The number of hydrogen-bond acceptors (Lipinski definition) is 5. The number of nitrogens with one attached hydrogen (secondary N) is 1. The van der Waals surface area contributed by atoms with E-state index in [0.29, 0.717) is 17.9 Å². The van der Waals surface area contributed by atoms with Gasteiger partial charge in [-0.15, -0.1) is 0 Å². The summed E-state index contributed by atoms with van der Waals surface area (Å²) in [6.07, 6.45) is -5.27. The first-order valence-corrected chi connectivity index (χ1v) is 8.28. The minimum Gasteiger partial charge on any atom is -0.442 e. The zero-order valence-electron chi connectivity index (χ0n) is 14.6. The van der Waals surface area contributed by atoms with E-state index in [-0.39, 0.29) is 12.2 Å². The highest BCUT2D eigenvalue weighted by Gasteiger charge is 2.40. The molecule has 2 heterocycles. The Morgan fingerprint density at radius 1 is 1.25 bits per heavy atom. The van der Waals surface area contributed by atoms with Crippen molar-refractivity contribution in [2.24, 2.45) is 0 Å². The number of alkyl halides is 3. The SMILES string of the molecule is CCn1ncn(-c2ccc(N3C[C@H](CNC(=O)C(F)(F)F)OC3=O)cc2)c1=O. The topological polar surface area (TPSA) is 98.5 Å². The lowest BCUT2D eigenvalue weighted by molar-refractivity contribution is -0.173. The smallest absolute Gasteiger partial charge is 0.442 e. The van der Waals surface area contributed by atoms with Crippen LogP contribution in [0.4, 0.5) is 23.7 Å². The minimum absolute atomic E-state index is 0.0238. The van der Waals surface area contributed by atoms with Gasteiger partial charge in [-0.1, -0.05) is 0 Å². The summed E-state index contributed by atoms with van der Waals surface area (Å²) < 4.78 is 44.2. The molecule has 2 aromatic rings. The van der Waals surface area contributed by atoms with E-state index >= 15 is 0 Å². The molecule has 12 heteroatoms. The maximum absolute atomic E-state index is 12.2. The van der Waals surface area contributed by atoms with E-state index in [1.807, 2.05) is 0 Å². The van der Waals surface area contributed by atoms with Crippen molar-refractivity contribution in [3.05, 3.63) is 41.1 Å². The molecule has 0 saturated carbocycles. The summed E-state index contributed by atoms with van der Waals surface area (Å²) in [4.78, 5) is 36.2. The van der Waals surface area contributed by atoms with Gasteiger partial charge in [0, 0.05) is 12.2 Å². The number of carbonyl (C=O) groups is 2. The molecule has 1 saturated heterocycles. The quantitative estimate of drug-likeness (QED) is 0.811. The average Bonchev–Trinajstić information content (AvgIpc) is 3.21. The number of ether oxygens (including phenoxy) is 1. The molecule has 1 fully saturated rings. The van der Waals surface area contributed by atoms with Crippen LogP contribution in [0.25, 0.3) is 5.69 Å². The number of benzene rings is 1. The fourth-order valence-corrected chi connectivity index (χ4v) is 2.67. The number of aromatic nitrogens is 3. The second-order valence-electron chi connectivity index (χ2n) is 5.94. The molecule has 1 atom stereocenters. The van der Waals surface area contributed by atoms with Crippen molar-refractivity contribution in [2.45, 2.75) is 25.7 Å². The molecular formula is C16H16F3N5O4. The van der Waals surface area contributed by atoms with Crippen molar-refractivity contribution in [1.29, 1.82) is 0 Å². The van der Waals surface area contributed by atoms with E-state index < -0.39 is 30.8 Å². The van der Waals surface area contributed by atoms with E-state index in [0.717, 1.165) is 0 Å². The average molecular weight is 399 g/mol. The predicted molar refractivity (Wildman–Crippen MR) is 90.2 cm³/mol. The number of carbonyl (C=O) groups excluding carboxylic acids is 2. The first-order chi connectivity index (χ1) is 13.2. The van der Waals surface area contributed by atoms with E-state index in [1.165, 1.54) is 20.5 Å². The molecule has 150 valence electrons. The molecule has 28 heavy (non-hydrogen) atoms. The van der Waals surface area contributed by atoms with Crippen LogP contribution in [-0.4, -0.2) is 51.7 Å². The molecule has 3 rings (SSSR count). The van der Waals surface area contributed by atoms with Crippen LogP contribution in [0.15, 0.2) is 35.4 Å². The highest BCUT2D eigenvalue weighted by molar-refractivity contribution is 5.90. The van der Waals surface area contributed by atoms with Crippen LogP contribution in [0, 0.1) is 0 Å². The number of nitrogens with zero attached hydrogens (tertiary/aromatic N) is 4. The van der Waals surface area contributed by atoms with E-state index in [4.69, 9.17) is 4.74 Å². The van der Waals surface area contributed by atoms with Gasteiger partial charge in [0.1, 0.15) is 12.4 Å². The summed E-state index contributed by atoms with van der Waals surface area (Å²) >= 11 is 0. The lowest BCUT2D eigenvalue weighted by atomic mass is 10.2. The molecule has 0 radical (unpaired) electrons. The number of anilines is 1. The summed E-state index contributed by atoms with van der Waals surface area (Å²) in [5.41, 5.74) is 0.667. The third-order valence-electron chi connectivity index (χ3n) is 4.09. The zero-order chi connectivity index (χ0) is 20.5. The molecule has 1 aromatic carbocycles. The number of amides is 2. The lowest BCUT2D eigenvalue weighted by Gasteiger charge is -2.14. The van der Waals surface area contributed by atoms with Crippen LogP contribution < -0.4 is 15.9 Å². The van der Waals surface area contributed by atoms with Crippen LogP contribution in [0.1, 0.15) is 6.92 Å². The number of cyclic esters (lactones) is 1. The van der Waals surface area contributed by atoms with Crippen LogP contribution in [0.3, 0.4) is 0 Å². The van der Waals surface area contributed by atoms with E-state index in [2.05, 4.69) is 5.10 Å². The third-order valence-corrected chi connectivity index (χ3v) is 4.09. The van der Waals surface area contributed by atoms with Crippen LogP contribution in [0.5, 0.6) is 0 Å². The Kier molecular flexibility index (Phi) is 5.12. The third kappa shape index (κ3) is 3.85. The summed E-state index contributed by atoms with van der Waals surface area (Å²) in [5.74, 6) is -2.09. The number of aryl methyl sites for hydroxylation is 1. The van der Waals surface area contributed by atoms with Crippen molar-refractivity contribution in [3.63, 3.8) is 0 Å². The van der Waals surface area contributed by atoms with Crippen LogP contribution in [-0.2, 0) is 16.1 Å². The number of hydrogen-bond donors (Lipinski definition) is 1. The largest absolute Gasteiger partial charge is 0.471 e. The Hall–Kier alpha value is -3.31. The summed E-state index contributed by atoms with van der Waals surface area (Å²) in [6, 6.07) is 6.35. The van der Waals surface area contributed by atoms with Crippen molar-refractivity contribution in [2.75, 3.05) is 18.0 Å².